The lowest BCUT2D eigenvalue weighted by molar-refractivity contribution is 0.0939. The molecule has 0 aliphatic rings. The van der Waals surface area contributed by atoms with Crippen LogP contribution in [0.1, 0.15) is 39.2 Å². The maximum Gasteiger partial charge on any atom is 0.306 e. The van der Waals surface area contributed by atoms with Crippen LogP contribution in [0, 0.1) is 0 Å². The molecule has 2 rings (SSSR count). The van der Waals surface area contributed by atoms with Gasteiger partial charge in [0.2, 0.25) is 0 Å². The van der Waals surface area contributed by atoms with E-state index in [0.29, 0.717) is 0 Å². The summed E-state index contributed by atoms with van der Waals surface area (Å²) in [5.41, 5.74) is 1.15. The van der Waals surface area contributed by atoms with Crippen molar-refractivity contribution < 1.29 is 22.2 Å². The third kappa shape index (κ3) is 5.32. The lowest BCUT2D eigenvalue weighted by atomic mass is 10.1. The van der Waals surface area contributed by atoms with E-state index in [1.807, 2.05) is 37.3 Å². The van der Waals surface area contributed by atoms with E-state index >= 15 is 0 Å². The number of carbonyl (C=O) groups excluding carboxylic acids is 2. The highest BCUT2D eigenvalue weighted by Gasteiger charge is 2.17. The molecule has 0 spiro atoms. The van der Waals surface area contributed by atoms with E-state index in [4.69, 9.17) is 4.18 Å². The number of benzene rings is 2. The average Bonchev–Trinajstić information content (AvgIpc) is 2.59. The minimum absolute atomic E-state index is 0.105. The maximum atomic E-state index is 12.6. The number of carbonyl (C=O) groups is 2. The fourth-order valence-corrected chi connectivity index (χ4v) is 2.78. The predicted octanol–water partition coefficient (Wildman–Crippen LogP) is 1.88. The van der Waals surface area contributed by atoms with Gasteiger partial charge in [0.15, 0.2) is 0 Å². The summed E-state index contributed by atoms with van der Waals surface area (Å²) in [6.45, 7) is 1.82. The Labute approximate surface area is 152 Å². The van der Waals surface area contributed by atoms with Crippen molar-refractivity contribution >= 4 is 21.9 Å². The molecular weight excluding hydrogens is 356 g/mol. The number of hydrogen-bond acceptors (Lipinski definition) is 5. The Morgan fingerprint density at radius 3 is 2.12 bits per heavy atom. The molecule has 0 fully saturated rings. The molecule has 8 heteroatoms. The van der Waals surface area contributed by atoms with Crippen molar-refractivity contribution in [2.75, 3.05) is 13.3 Å². The lowest BCUT2D eigenvalue weighted by Gasteiger charge is -2.15. The van der Waals surface area contributed by atoms with Crippen molar-refractivity contribution in [3.63, 3.8) is 0 Å². The molecule has 26 heavy (non-hydrogen) atoms. The molecule has 0 bridgehead atoms. The number of rotatable bonds is 6. The predicted molar refractivity (Wildman–Crippen MR) is 97.6 cm³/mol. The van der Waals surface area contributed by atoms with E-state index < -0.39 is 21.9 Å². The van der Waals surface area contributed by atoms with Crippen LogP contribution in [0.3, 0.4) is 0 Å². The van der Waals surface area contributed by atoms with Crippen LogP contribution in [0.4, 0.5) is 0 Å². The molecule has 0 radical (unpaired) electrons. The normalized spacial score (nSPS) is 12.1. The maximum absolute atomic E-state index is 12.6. The van der Waals surface area contributed by atoms with Crippen LogP contribution in [-0.4, -0.2) is 33.5 Å². The highest BCUT2D eigenvalue weighted by Crippen LogP contribution is 2.20. The molecule has 138 valence electrons. The van der Waals surface area contributed by atoms with E-state index in [1.54, 1.807) is 0 Å². The Balaban J connectivity index is 2.32. The molecule has 2 aromatic carbocycles. The molecule has 0 aliphatic carbocycles. The minimum Gasteiger partial charge on any atom is -0.383 e. The first-order valence-corrected chi connectivity index (χ1v) is 9.63. The third-order valence-electron chi connectivity index (χ3n) is 3.55. The van der Waals surface area contributed by atoms with E-state index in [1.165, 1.54) is 25.2 Å². The van der Waals surface area contributed by atoms with E-state index in [0.717, 1.165) is 11.8 Å². The summed E-state index contributed by atoms with van der Waals surface area (Å²) >= 11 is 0. The van der Waals surface area contributed by atoms with Crippen LogP contribution in [0.2, 0.25) is 0 Å². The van der Waals surface area contributed by atoms with Gasteiger partial charge in [0, 0.05) is 18.2 Å². The average molecular weight is 376 g/mol. The Bertz CT molecular complexity index is 910. The summed E-state index contributed by atoms with van der Waals surface area (Å²) in [5, 5.41) is 5.24. The van der Waals surface area contributed by atoms with E-state index in [-0.39, 0.29) is 22.9 Å². The highest BCUT2D eigenvalue weighted by molar-refractivity contribution is 7.86. The minimum atomic E-state index is -3.80. The third-order valence-corrected chi connectivity index (χ3v) is 4.05. The topological polar surface area (TPSA) is 102 Å². The second-order valence-electron chi connectivity index (χ2n) is 5.72. The molecule has 0 aliphatic heterocycles. The van der Waals surface area contributed by atoms with Gasteiger partial charge in [0.05, 0.1) is 12.3 Å². The monoisotopic (exact) mass is 376 g/mol. The lowest BCUT2D eigenvalue weighted by Crippen LogP contribution is -2.27. The summed E-state index contributed by atoms with van der Waals surface area (Å²) in [7, 11) is -2.36. The molecule has 0 aromatic heterocycles. The Kier molecular flexibility index (Phi) is 5.99. The number of hydrogen-bond donors (Lipinski definition) is 2. The fourth-order valence-electron chi connectivity index (χ4n) is 2.33. The molecule has 7 nitrogen and oxygen atoms in total. The van der Waals surface area contributed by atoms with Gasteiger partial charge in [-0.05, 0) is 30.7 Å². The van der Waals surface area contributed by atoms with E-state index in [9.17, 15) is 18.0 Å². The second kappa shape index (κ2) is 8.01. The van der Waals surface area contributed by atoms with Gasteiger partial charge in [0.25, 0.3) is 11.8 Å². The van der Waals surface area contributed by atoms with Crippen molar-refractivity contribution in [2.45, 2.75) is 13.0 Å². The fraction of sp³-hybridized carbons (Fsp3) is 0.222. The standard InChI is InChI=1S/C18H20N2O5S/c1-12(13-7-5-4-6-8-13)20-18(22)15-9-14(17(21)19-2)10-16(11-15)25-26(3,23)24/h4-12H,1-3H3,(H,19,21)(H,20,22)/t12-/m1/s1. The highest BCUT2D eigenvalue weighted by atomic mass is 32.2. The van der Waals surface area contributed by atoms with Gasteiger partial charge in [-0.15, -0.1) is 0 Å². The molecule has 2 amide bonds. The van der Waals surface area contributed by atoms with Crippen molar-refractivity contribution in [3.05, 3.63) is 65.2 Å². The molecule has 1 atom stereocenters. The first-order valence-electron chi connectivity index (χ1n) is 7.82. The SMILES string of the molecule is CNC(=O)c1cc(OS(C)(=O)=O)cc(C(=O)N[C@H](C)c2ccccc2)c1. The zero-order valence-corrected chi connectivity index (χ0v) is 15.5. The summed E-state index contributed by atoms with van der Waals surface area (Å²) in [4.78, 5) is 24.5. The molecule has 2 aromatic rings. The van der Waals surface area contributed by atoms with Gasteiger partial charge in [-0.2, -0.15) is 8.42 Å². The summed E-state index contributed by atoms with van der Waals surface area (Å²) < 4.78 is 27.6. The Morgan fingerprint density at radius 2 is 1.58 bits per heavy atom. The van der Waals surface area contributed by atoms with Gasteiger partial charge in [-0.3, -0.25) is 9.59 Å². The summed E-state index contributed by atoms with van der Waals surface area (Å²) in [6.07, 6.45) is 0.886. The van der Waals surface area contributed by atoms with Crippen LogP contribution in [-0.2, 0) is 10.1 Å². The van der Waals surface area contributed by atoms with Gasteiger partial charge >= 0.3 is 10.1 Å². The largest absolute Gasteiger partial charge is 0.383 e. The van der Waals surface area contributed by atoms with Crippen LogP contribution in [0.15, 0.2) is 48.5 Å². The van der Waals surface area contributed by atoms with Crippen molar-refractivity contribution in [1.82, 2.24) is 10.6 Å². The number of nitrogens with one attached hydrogen (secondary N) is 2. The van der Waals surface area contributed by atoms with E-state index in [2.05, 4.69) is 10.6 Å². The number of amides is 2. The van der Waals surface area contributed by atoms with Gasteiger partial charge in [-0.1, -0.05) is 30.3 Å². The smallest absolute Gasteiger partial charge is 0.306 e. The zero-order chi connectivity index (χ0) is 19.3. The second-order valence-corrected chi connectivity index (χ2v) is 7.29. The quantitative estimate of drug-likeness (QED) is 0.750. The Hall–Kier alpha value is -2.87. The van der Waals surface area contributed by atoms with Gasteiger partial charge in [0.1, 0.15) is 5.75 Å². The molecule has 2 N–H and O–H groups in total. The van der Waals surface area contributed by atoms with Crippen LogP contribution in [0.5, 0.6) is 5.75 Å². The Morgan fingerprint density at radius 1 is 1.00 bits per heavy atom. The first kappa shape index (κ1) is 19.5. The van der Waals surface area contributed by atoms with Gasteiger partial charge in [-0.25, -0.2) is 0 Å². The van der Waals surface area contributed by atoms with Crippen LogP contribution < -0.4 is 14.8 Å². The zero-order valence-electron chi connectivity index (χ0n) is 14.6. The summed E-state index contributed by atoms with van der Waals surface area (Å²) in [5.74, 6) is -1.02. The van der Waals surface area contributed by atoms with Gasteiger partial charge < -0.3 is 14.8 Å². The van der Waals surface area contributed by atoms with Crippen LogP contribution in [0.25, 0.3) is 0 Å². The van der Waals surface area contributed by atoms with Crippen LogP contribution >= 0.6 is 0 Å². The molecule has 0 saturated carbocycles. The summed E-state index contributed by atoms with van der Waals surface area (Å²) in [6, 6.07) is 13.0. The van der Waals surface area contributed by atoms with Crippen molar-refractivity contribution in [3.8, 4) is 5.75 Å². The molecular formula is C18H20N2O5S. The molecule has 0 unspecified atom stereocenters. The molecule has 0 heterocycles. The molecule has 0 saturated heterocycles. The first-order chi connectivity index (χ1) is 12.2. The van der Waals surface area contributed by atoms with Crippen molar-refractivity contribution in [1.29, 1.82) is 0 Å². The van der Waals surface area contributed by atoms with Crippen molar-refractivity contribution in [2.24, 2.45) is 0 Å².